The first-order valence-electron chi connectivity index (χ1n) is 14.1. The zero-order chi connectivity index (χ0) is 28.0. The van der Waals surface area contributed by atoms with E-state index in [-0.39, 0.29) is 11.5 Å². The Labute approximate surface area is 240 Å². The summed E-state index contributed by atoms with van der Waals surface area (Å²) in [5, 5.41) is 28.0. The Morgan fingerprint density at radius 2 is 1.39 bits per heavy atom. The number of rotatable bonds is 10. The van der Waals surface area contributed by atoms with E-state index in [4.69, 9.17) is 4.74 Å². The van der Waals surface area contributed by atoms with Crippen molar-refractivity contribution in [2.75, 3.05) is 18.5 Å². The minimum Gasteiger partial charge on any atom is -0.508 e. The molecule has 0 aliphatic carbocycles. The van der Waals surface area contributed by atoms with Gasteiger partial charge >= 0.3 is 0 Å². The molecular weight excluding hydrogens is 506 g/mol. The van der Waals surface area contributed by atoms with Crippen molar-refractivity contribution in [3.8, 4) is 28.4 Å². The van der Waals surface area contributed by atoms with Gasteiger partial charge in [0, 0.05) is 17.6 Å². The number of benzene rings is 6. The van der Waals surface area contributed by atoms with Crippen LogP contribution in [0.5, 0.6) is 17.2 Å². The fourth-order valence-electron chi connectivity index (χ4n) is 5.41. The van der Waals surface area contributed by atoms with Gasteiger partial charge in [-0.2, -0.15) is 0 Å². The summed E-state index contributed by atoms with van der Waals surface area (Å²) < 4.78 is 6.04. The summed E-state index contributed by atoms with van der Waals surface area (Å²) in [4.78, 5) is 0. The van der Waals surface area contributed by atoms with Crippen LogP contribution >= 0.6 is 0 Å². The number of phenols is 2. The van der Waals surface area contributed by atoms with E-state index < -0.39 is 0 Å². The summed E-state index contributed by atoms with van der Waals surface area (Å²) in [6, 6.07) is 40.1. The van der Waals surface area contributed by atoms with Crippen LogP contribution in [0.1, 0.15) is 24.0 Å². The van der Waals surface area contributed by atoms with Crippen LogP contribution < -0.4 is 10.1 Å². The SMILES string of the molecule is Oc1ccc(-c2ccc3cc(O)ccc3c2Cc2ccc(OCCCCNc3cccc4ccccc34)cc2)cc1. The highest BCUT2D eigenvalue weighted by atomic mass is 16.5. The van der Waals surface area contributed by atoms with E-state index in [9.17, 15) is 10.2 Å². The third kappa shape index (κ3) is 6.12. The minimum absolute atomic E-state index is 0.248. The van der Waals surface area contributed by atoms with Gasteiger partial charge in [0.05, 0.1) is 6.61 Å². The molecule has 0 aromatic heterocycles. The molecule has 0 heterocycles. The van der Waals surface area contributed by atoms with E-state index in [1.54, 1.807) is 24.3 Å². The van der Waals surface area contributed by atoms with Gasteiger partial charge in [0.25, 0.3) is 0 Å². The highest BCUT2D eigenvalue weighted by molar-refractivity contribution is 5.94. The van der Waals surface area contributed by atoms with Crippen LogP contribution in [0, 0.1) is 0 Å². The zero-order valence-electron chi connectivity index (χ0n) is 22.9. The van der Waals surface area contributed by atoms with Crippen molar-refractivity contribution in [2.24, 2.45) is 0 Å². The first kappa shape index (κ1) is 26.3. The molecule has 0 amide bonds. The first-order chi connectivity index (χ1) is 20.1. The van der Waals surface area contributed by atoms with Crippen LogP contribution in [-0.4, -0.2) is 23.4 Å². The summed E-state index contributed by atoms with van der Waals surface area (Å²) in [6.45, 7) is 1.58. The molecule has 4 heteroatoms. The number of hydrogen-bond acceptors (Lipinski definition) is 4. The minimum atomic E-state index is 0.248. The number of anilines is 1. The maximum Gasteiger partial charge on any atom is 0.119 e. The monoisotopic (exact) mass is 539 g/mol. The van der Waals surface area contributed by atoms with E-state index in [2.05, 4.69) is 66.0 Å². The summed E-state index contributed by atoms with van der Waals surface area (Å²) in [5.41, 5.74) is 5.69. The van der Waals surface area contributed by atoms with Gasteiger partial charge in [0.15, 0.2) is 0 Å². The van der Waals surface area contributed by atoms with Crippen LogP contribution in [0.25, 0.3) is 32.7 Å². The number of aromatic hydroxyl groups is 2. The van der Waals surface area contributed by atoms with Crippen LogP contribution in [0.4, 0.5) is 5.69 Å². The van der Waals surface area contributed by atoms with E-state index in [0.717, 1.165) is 53.5 Å². The second kappa shape index (κ2) is 12.1. The van der Waals surface area contributed by atoms with Gasteiger partial charge in [-0.1, -0.05) is 78.9 Å². The molecule has 0 saturated carbocycles. The van der Waals surface area contributed by atoms with E-state index >= 15 is 0 Å². The molecule has 0 bridgehead atoms. The third-order valence-electron chi connectivity index (χ3n) is 7.54. The number of hydrogen-bond donors (Lipinski definition) is 3. The maximum atomic E-state index is 10.0. The molecule has 0 fully saturated rings. The lowest BCUT2D eigenvalue weighted by atomic mass is 9.90. The number of phenolic OH excluding ortho intramolecular Hbond substituents is 2. The molecule has 0 aliphatic rings. The molecule has 3 N–H and O–H groups in total. The van der Waals surface area contributed by atoms with Crippen molar-refractivity contribution in [1.82, 2.24) is 0 Å². The molecule has 6 aromatic carbocycles. The molecule has 0 saturated heterocycles. The molecule has 204 valence electrons. The van der Waals surface area contributed by atoms with Gasteiger partial charge in [-0.25, -0.2) is 0 Å². The summed E-state index contributed by atoms with van der Waals surface area (Å²) in [5.74, 6) is 1.38. The van der Waals surface area contributed by atoms with Crippen LogP contribution in [0.2, 0.25) is 0 Å². The van der Waals surface area contributed by atoms with E-state index in [0.29, 0.717) is 6.61 Å². The fourth-order valence-corrected chi connectivity index (χ4v) is 5.41. The van der Waals surface area contributed by atoms with Gasteiger partial charge in [0.1, 0.15) is 17.2 Å². The Morgan fingerprint density at radius 1 is 0.610 bits per heavy atom. The average Bonchev–Trinajstić information content (AvgIpc) is 3.00. The van der Waals surface area contributed by atoms with E-state index in [1.165, 1.54) is 27.6 Å². The topological polar surface area (TPSA) is 61.7 Å². The van der Waals surface area contributed by atoms with E-state index in [1.807, 2.05) is 36.4 Å². The molecule has 0 radical (unpaired) electrons. The molecule has 0 unspecified atom stereocenters. The fraction of sp³-hybridized carbons (Fsp3) is 0.135. The van der Waals surface area contributed by atoms with Crippen LogP contribution in [0.3, 0.4) is 0 Å². The second-order valence-corrected chi connectivity index (χ2v) is 10.4. The number of fused-ring (bicyclic) bond motifs is 2. The highest BCUT2D eigenvalue weighted by Crippen LogP contribution is 2.34. The summed E-state index contributed by atoms with van der Waals surface area (Å²) in [7, 11) is 0. The summed E-state index contributed by atoms with van der Waals surface area (Å²) in [6.07, 6.45) is 2.73. The van der Waals surface area contributed by atoms with Crippen molar-refractivity contribution in [3.63, 3.8) is 0 Å². The normalized spacial score (nSPS) is 11.1. The van der Waals surface area contributed by atoms with Crippen molar-refractivity contribution in [2.45, 2.75) is 19.3 Å². The molecule has 41 heavy (non-hydrogen) atoms. The lowest BCUT2D eigenvalue weighted by Crippen LogP contribution is -2.05. The molecule has 0 aliphatic heterocycles. The molecule has 0 spiro atoms. The van der Waals surface area contributed by atoms with Gasteiger partial charge in [0.2, 0.25) is 0 Å². The second-order valence-electron chi connectivity index (χ2n) is 10.4. The largest absolute Gasteiger partial charge is 0.508 e. The van der Waals surface area contributed by atoms with Gasteiger partial charge in [-0.15, -0.1) is 0 Å². The zero-order valence-corrected chi connectivity index (χ0v) is 22.9. The molecule has 6 aromatic rings. The highest BCUT2D eigenvalue weighted by Gasteiger charge is 2.12. The number of ether oxygens (including phenoxy) is 1. The van der Waals surface area contributed by atoms with Crippen molar-refractivity contribution >= 4 is 27.2 Å². The standard InChI is InChI=1S/C37H33NO3/c39-30-15-12-28(13-16-30)33-20-14-29-25-31(40)17-21-34(29)36(33)24-26-10-18-32(19-11-26)41-23-4-3-22-38-37-9-5-7-27-6-1-2-8-35(27)37/h1-2,5-21,25,38-40H,3-4,22-24H2. The van der Waals surface area contributed by atoms with Crippen LogP contribution in [0.15, 0.2) is 121 Å². The van der Waals surface area contributed by atoms with Crippen molar-refractivity contribution in [1.29, 1.82) is 0 Å². The van der Waals surface area contributed by atoms with Crippen LogP contribution in [-0.2, 0) is 6.42 Å². The molecule has 4 nitrogen and oxygen atoms in total. The van der Waals surface area contributed by atoms with Crippen molar-refractivity contribution in [3.05, 3.63) is 132 Å². The maximum absolute atomic E-state index is 10.0. The Kier molecular flexibility index (Phi) is 7.72. The lowest BCUT2D eigenvalue weighted by molar-refractivity contribution is 0.308. The molecule has 0 atom stereocenters. The smallest absolute Gasteiger partial charge is 0.119 e. The van der Waals surface area contributed by atoms with Crippen molar-refractivity contribution < 1.29 is 14.9 Å². The number of nitrogens with one attached hydrogen (secondary N) is 1. The first-order valence-corrected chi connectivity index (χ1v) is 14.1. The van der Waals surface area contributed by atoms with Gasteiger partial charge in [-0.3, -0.25) is 0 Å². The Morgan fingerprint density at radius 3 is 2.24 bits per heavy atom. The Hall–Kier alpha value is -4.96. The number of unbranched alkanes of at least 4 members (excludes halogenated alkanes) is 1. The summed E-state index contributed by atoms with van der Waals surface area (Å²) >= 11 is 0. The quantitative estimate of drug-likeness (QED) is 0.152. The molecular formula is C37H33NO3. The Balaban J connectivity index is 1.08. The Bertz CT molecular complexity index is 1770. The van der Waals surface area contributed by atoms with Gasteiger partial charge in [-0.05, 0) is 100 Å². The predicted octanol–water partition coefficient (Wildman–Crippen LogP) is 8.93. The average molecular weight is 540 g/mol. The predicted molar refractivity (Wildman–Crippen MR) is 169 cm³/mol. The lowest BCUT2D eigenvalue weighted by Gasteiger charge is -2.15. The third-order valence-corrected chi connectivity index (χ3v) is 7.54. The molecule has 6 rings (SSSR count). The van der Waals surface area contributed by atoms with Gasteiger partial charge < -0.3 is 20.3 Å².